The van der Waals surface area contributed by atoms with Gasteiger partial charge in [0.1, 0.15) is 5.58 Å². The summed E-state index contributed by atoms with van der Waals surface area (Å²) in [6.07, 6.45) is 1.61. The van der Waals surface area contributed by atoms with E-state index in [2.05, 4.69) is 4.84 Å². The van der Waals surface area contributed by atoms with Crippen LogP contribution in [0.3, 0.4) is 0 Å². The summed E-state index contributed by atoms with van der Waals surface area (Å²) in [7, 11) is 0. The molecular weight excluding hydrogens is 190 g/mol. The summed E-state index contributed by atoms with van der Waals surface area (Å²) in [6, 6.07) is 5.43. The van der Waals surface area contributed by atoms with Crippen molar-refractivity contribution in [3.05, 3.63) is 35.0 Å². The quantitative estimate of drug-likeness (QED) is 0.753. The molecule has 0 aliphatic carbocycles. The maximum absolute atomic E-state index is 5.96. The summed E-state index contributed by atoms with van der Waals surface area (Å²) in [5.74, 6) is 5.00. The molecule has 0 saturated heterocycles. The number of hydrogen-bond acceptors (Lipinski definition) is 3. The number of nitrogens with two attached hydrogens (primary N) is 1. The smallest absolute Gasteiger partial charge is 0.134 e. The second kappa shape index (κ2) is 3.38. The van der Waals surface area contributed by atoms with Crippen molar-refractivity contribution >= 4 is 22.6 Å². The first-order valence-corrected chi connectivity index (χ1v) is 4.17. The largest absolute Gasteiger partial charge is 0.464 e. The van der Waals surface area contributed by atoms with Crippen molar-refractivity contribution < 1.29 is 9.25 Å². The highest BCUT2D eigenvalue weighted by Gasteiger charge is 2.07. The van der Waals surface area contributed by atoms with E-state index in [-0.39, 0.29) is 6.61 Å². The highest BCUT2D eigenvalue weighted by atomic mass is 35.5. The van der Waals surface area contributed by atoms with Crippen LogP contribution in [0.15, 0.2) is 28.9 Å². The zero-order chi connectivity index (χ0) is 9.26. The number of halogens is 1. The Bertz CT molecular complexity index is 424. The van der Waals surface area contributed by atoms with E-state index in [0.717, 1.165) is 16.5 Å². The molecule has 2 rings (SSSR count). The van der Waals surface area contributed by atoms with Crippen LogP contribution in [-0.4, -0.2) is 0 Å². The summed E-state index contributed by atoms with van der Waals surface area (Å²) in [4.78, 5) is 4.56. The molecule has 0 fully saturated rings. The van der Waals surface area contributed by atoms with Crippen molar-refractivity contribution in [2.75, 3.05) is 0 Å². The normalized spacial score (nSPS) is 10.9. The van der Waals surface area contributed by atoms with Gasteiger partial charge in [0, 0.05) is 16.0 Å². The molecule has 1 heterocycles. The Morgan fingerprint density at radius 1 is 1.38 bits per heavy atom. The summed E-state index contributed by atoms with van der Waals surface area (Å²) in [5.41, 5.74) is 1.65. The van der Waals surface area contributed by atoms with Crippen LogP contribution in [0.25, 0.3) is 11.0 Å². The van der Waals surface area contributed by atoms with E-state index in [4.69, 9.17) is 21.9 Å². The van der Waals surface area contributed by atoms with Crippen LogP contribution < -0.4 is 5.90 Å². The predicted octanol–water partition coefficient (Wildman–Crippen LogP) is 2.48. The van der Waals surface area contributed by atoms with Crippen LogP contribution in [0.5, 0.6) is 0 Å². The minimum atomic E-state index is 0.287. The van der Waals surface area contributed by atoms with Gasteiger partial charge in [0.2, 0.25) is 0 Å². The van der Waals surface area contributed by atoms with Gasteiger partial charge < -0.3 is 4.42 Å². The lowest BCUT2D eigenvalue weighted by atomic mass is 10.1. The number of fused-ring (bicyclic) bond motifs is 1. The zero-order valence-corrected chi connectivity index (χ0v) is 7.54. The van der Waals surface area contributed by atoms with Gasteiger partial charge in [0.25, 0.3) is 0 Å². The fourth-order valence-electron chi connectivity index (χ4n) is 1.31. The molecule has 0 bridgehead atoms. The van der Waals surface area contributed by atoms with E-state index < -0.39 is 0 Å². The van der Waals surface area contributed by atoms with Crippen LogP contribution in [0.1, 0.15) is 5.56 Å². The third-order valence-electron chi connectivity index (χ3n) is 1.92. The van der Waals surface area contributed by atoms with Gasteiger partial charge in [-0.15, -0.1) is 0 Å². The lowest BCUT2D eigenvalue weighted by molar-refractivity contribution is 0.125. The van der Waals surface area contributed by atoms with Gasteiger partial charge in [0.05, 0.1) is 12.9 Å². The Kier molecular flexibility index (Phi) is 2.22. The van der Waals surface area contributed by atoms with Crippen LogP contribution in [-0.2, 0) is 11.4 Å². The van der Waals surface area contributed by atoms with Gasteiger partial charge >= 0.3 is 0 Å². The lowest BCUT2D eigenvalue weighted by Gasteiger charge is -2.02. The molecule has 0 spiro atoms. The van der Waals surface area contributed by atoms with E-state index in [9.17, 15) is 0 Å². The first-order chi connectivity index (χ1) is 6.33. The molecule has 13 heavy (non-hydrogen) atoms. The van der Waals surface area contributed by atoms with Crippen molar-refractivity contribution in [2.24, 2.45) is 5.90 Å². The fraction of sp³-hybridized carbons (Fsp3) is 0.111. The third-order valence-corrected chi connectivity index (χ3v) is 2.27. The molecule has 4 heteroatoms. The Labute approximate surface area is 80.0 Å². The lowest BCUT2D eigenvalue weighted by Crippen LogP contribution is -1.99. The first kappa shape index (κ1) is 8.56. The van der Waals surface area contributed by atoms with Crippen LogP contribution in [0.4, 0.5) is 0 Å². The summed E-state index contributed by atoms with van der Waals surface area (Å²) < 4.78 is 5.20. The van der Waals surface area contributed by atoms with Crippen LogP contribution >= 0.6 is 11.6 Å². The number of furan rings is 1. The maximum atomic E-state index is 5.96. The van der Waals surface area contributed by atoms with Crippen molar-refractivity contribution in [3.63, 3.8) is 0 Å². The number of rotatable bonds is 2. The Hall–Kier alpha value is -1.03. The summed E-state index contributed by atoms with van der Waals surface area (Å²) in [6.45, 7) is 0.287. The molecule has 0 unspecified atom stereocenters. The molecule has 2 aromatic rings. The molecule has 3 nitrogen and oxygen atoms in total. The Morgan fingerprint density at radius 3 is 3.00 bits per heavy atom. The first-order valence-electron chi connectivity index (χ1n) is 3.79. The molecule has 0 aliphatic heterocycles. The van der Waals surface area contributed by atoms with E-state index in [1.807, 2.05) is 12.1 Å². The van der Waals surface area contributed by atoms with Crippen molar-refractivity contribution in [1.82, 2.24) is 0 Å². The fourth-order valence-corrected chi connectivity index (χ4v) is 1.53. The maximum Gasteiger partial charge on any atom is 0.134 e. The summed E-state index contributed by atoms with van der Waals surface area (Å²) >= 11 is 5.96. The Morgan fingerprint density at radius 2 is 2.23 bits per heavy atom. The van der Waals surface area contributed by atoms with Crippen molar-refractivity contribution in [1.29, 1.82) is 0 Å². The highest BCUT2D eigenvalue weighted by Crippen LogP contribution is 2.27. The van der Waals surface area contributed by atoms with E-state index >= 15 is 0 Å². The molecule has 0 saturated carbocycles. The second-order valence-corrected chi connectivity index (χ2v) is 3.08. The van der Waals surface area contributed by atoms with Gasteiger partial charge in [-0.1, -0.05) is 11.6 Å². The minimum absolute atomic E-state index is 0.287. The average molecular weight is 198 g/mol. The molecule has 0 amide bonds. The average Bonchev–Trinajstić information content (AvgIpc) is 2.58. The van der Waals surface area contributed by atoms with Gasteiger partial charge in [-0.05, 0) is 18.2 Å². The highest BCUT2D eigenvalue weighted by molar-refractivity contribution is 6.32. The zero-order valence-electron chi connectivity index (χ0n) is 6.79. The second-order valence-electron chi connectivity index (χ2n) is 2.67. The Balaban J connectivity index is 2.66. The molecule has 0 radical (unpaired) electrons. The molecule has 0 atom stereocenters. The monoisotopic (exact) mass is 197 g/mol. The summed E-state index contributed by atoms with van der Waals surface area (Å²) in [5, 5.41) is 1.58. The molecule has 1 aromatic heterocycles. The molecular formula is C9H8ClNO2. The van der Waals surface area contributed by atoms with Gasteiger partial charge in [-0.2, -0.15) is 0 Å². The molecule has 1 aromatic carbocycles. The number of benzene rings is 1. The third kappa shape index (κ3) is 1.42. The predicted molar refractivity (Wildman–Crippen MR) is 50.2 cm³/mol. The standard InChI is InChI=1S/C9H8ClNO2/c10-8-1-2-9-6(3-4-12-9)7(8)5-13-11/h1-4H,5,11H2. The molecule has 2 N–H and O–H groups in total. The molecule has 68 valence electrons. The van der Waals surface area contributed by atoms with Crippen LogP contribution in [0.2, 0.25) is 5.02 Å². The number of hydrogen-bond donors (Lipinski definition) is 1. The molecule has 0 aliphatic rings. The van der Waals surface area contributed by atoms with E-state index in [1.165, 1.54) is 0 Å². The van der Waals surface area contributed by atoms with Crippen molar-refractivity contribution in [2.45, 2.75) is 6.61 Å². The van der Waals surface area contributed by atoms with Gasteiger partial charge in [0.15, 0.2) is 0 Å². The van der Waals surface area contributed by atoms with Gasteiger partial charge in [-0.3, -0.25) is 4.84 Å². The van der Waals surface area contributed by atoms with Gasteiger partial charge in [-0.25, -0.2) is 5.90 Å². The minimum Gasteiger partial charge on any atom is -0.464 e. The van der Waals surface area contributed by atoms with E-state index in [1.54, 1.807) is 12.3 Å². The topological polar surface area (TPSA) is 48.4 Å². The van der Waals surface area contributed by atoms with Crippen molar-refractivity contribution in [3.8, 4) is 0 Å². The van der Waals surface area contributed by atoms with E-state index in [0.29, 0.717) is 5.02 Å². The van der Waals surface area contributed by atoms with Crippen LogP contribution in [0, 0.1) is 0 Å². The SMILES string of the molecule is NOCc1c(Cl)ccc2occc12.